The van der Waals surface area contributed by atoms with E-state index in [0.29, 0.717) is 4.68 Å². The first-order valence-corrected chi connectivity index (χ1v) is 7.48. The number of benzene rings is 1. The Morgan fingerprint density at radius 3 is 2.55 bits per heavy atom. The summed E-state index contributed by atoms with van der Waals surface area (Å²) in [6, 6.07) is 7.52. The van der Waals surface area contributed by atoms with Gasteiger partial charge in [0.25, 0.3) is 15.6 Å². The first-order chi connectivity index (χ1) is 10.4. The largest absolute Gasteiger partial charge is 0.383 e. The summed E-state index contributed by atoms with van der Waals surface area (Å²) in [6.07, 6.45) is 0. The molecule has 0 unspecified atom stereocenters. The van der Waals surface area contributed by atoms with E-state index in [1.807, 2.05) is 0 Å². The highest BCUT2D eigenvalue weighted by atomic mass is 32.2. The fraction of sp³-hybridized carbons (Fsp3) is 0. The van der Waals surface area contributed by atoms with Crippen LogP contribution in [0.3, 0.4) is 0 Å². The van der Waals surface area contributed by atoms with Crippen LogP contribution in [0.15, 0.2) is 40.0 Å². The van der Waals surface area contributed by atoms with E-state index in [1.165, 1.54) is 12.1 Å². The normalized spacial score (nSPS) is 11.6. The molecule has 0 bridgehead atoms. The highest BCUT2D eigenvalue weighted by molar-refractivity contribution is 7.92. The fourth-order valence-electron chi connectivity index (χ4n) is 1.87. The Kier molecular flexibility index (Phi) is 2.99. The average Bonchev–Trinajstić information content (AvgIpc) is 2.85. The third kappa shape index (κ3) is 2.13. The zero-order valence-electron chi connectivity index (χ0n) is 11.0. The maximum Gasteiger partial charge on any atom is 0.287 e. The van der Waals surface area contributed by atoms with Gasteiger partial charge < -0.3 is 11.5 Å². The van der Waals surface area contributed by atoms with E-state index in [0.717, 1.165) is 0 Å². The second-order valence-electron chi connectivity index (χ2n) is 4.35. The lowest BCUT2D eigenvalue weighted by molar-refractivity contribution is 0.594. The van der Waals surface area contributed by atoms with Crippen LogP contribution in [0, 0.1) is 0 Å². The van der Waals surface area contributed by atoms with Gasteiger partial charge in [-0.1, -0.05) is 18.2 Å². The number of aromatic amines is 1. The van der Waals surface area contributed by atoms with Gasteiger partial charge in [-0.15, -0.1) is 0 Å². The number of fused-ring (bicyclic) bond motifs is 1. The molecule has 11 heteroatoms. The number of nitrogens with zero attached hydrogens (tertiary/aromatic N) is 3. The summed E-state index contributed by atoms with van der Waals surface area (Å²) in [5, 5.41) is 6.04. The molecule has 2 aromatic heterocycles. The molecule has 2 heterocycles. The summed E-state index contributed by atoms with van der Waals surface area (Å²) in [5.74, 6) is -0.385. The topological polar surface area (TPSA) is 162 Å². The maximum absolute atomic E-state index is 12.3. The average molecular weight is 321 g/mol. The predicted molar refractivity (Wildman–Crippen MR) is 80.0 cm³/mol. The minimum atomic E-state index is -4.00. The minimum absolute atomic E-state index is 0.00941. The van der Waals surface area contributed by atoms with Gasteiger partial charge in [-0.25, -0.2) is 4.83 Å². The fourth-order valence-corrected chi connectivity index (χ4v) is 2.91. The highest BCUT2D eigenvalue weighted by Gasteiger charge is 2.19. The summed E-state index contributed by atoms with van der Waals surface area (Å²) in [6.45, 7) is 0. The van der Waals surface area contributed by atoms with Crippen molar-refractivity contribution in [2.75, 3.05) is 16.3 Å². The molecule has 0 aliphatic heterocycles. The number of hydrogen-bond acceptors (Lipinski definition) is 7. The number of H-pyrrole nitrogens is 1. The number of anilines is 2. The lowest BCUT2D eigenvalue weighted by Crippen LogP contribution is -2.35. The third-order valence-corrected chi connectivity index (χ3v) is 4.22. The number of hydrogen-bond donors (Lipinski definition) is 4. The minimum Gasteiger partial charge on any atom is -0.383 e. The molecule has 0 saturated heterocycles. The van der Waals surface area contributed by atoms with Crippen molar-refractivity contribution in [3.05, 3.63) is 40.7 Å². The first kappa shape index (κ1) is 13.9. The lowest BCUT2D eigenvalue weighted by Gasteiger charge is -2.11. The van der Waals surface area contributed by atoms with Crippen molar-refractivity contribution in [3.63, 3.8) is 0 Å². The SMILES string of the molecule is Nc1[nH]nc2nc(N)n(NS(=O)(=O)c3ccccc3)c(=O)c12. The van der Waals surface area contributed by atoms with Crippen molar-refractivity contribution < 1.29 is 8.42 Å². The number of nitrogens with one attached hydrogen (secondary N) is 2. The molecule has 1 aromatic carbocycles. The molecule has 0 spiro atoms. The van der Waals surface area contributed by atoms with E-state index in [4.69, 9.17) is 11.5 Å². The Hall–Kier alpha value is -3.08. The van der Waals surface area contributed by atoms with E-state index in [2.05, 4.69) is 20.0 Å². The molecule has 0 atom stereocenters. The van der Waals surface area contributed by atoms with Crippen LogP contribution in [0.2, 0.25) is 0 Å². The molecule has 22 heavy (non-hydrogen) atoms. The van der Waals surface area contributed by atoms with Gasteiger partial charge >= 0.3 is 0 Å². The summed E-state index contributed by atoms with van der Waals surface area (Å²) in [7, 11) is -4.00. The number of nitrogens with two attached hydrogens (primary N) is 2. The molecule has 0 radical (unpaired) electrons. The Labute approximate surface area is 123 Å². The van der Waals surface area contributed by atoms with Crippen molar-refractivity contribution in [2.24, 2.45) is 0 Å². The standard InChI is InChI=1S/C11H11N7O3S/c12-8-7-9(16-15-8)14-11(13)18(10(7)19)17-22(20,21)6-4-2-1-3-5-6/h1-5,17H,(H5,12,13,14,15,16). The van der Waals surface area contributed by atoms with Crippen molar-refractivity contribution in [2.45, 2.75) is 4.90 Å². The van der Waals surface area contributed by atoms with Crippen LogP contribution < -0.4 is 21.9 Å². The van der Waals surface area contributed by atoms with Crippen molar-refractivity contribution in [1.29, 1.82) is 0 Å². The number of aromatic nitrogens is 4. The highest BCUT2D eigenvalue weighted by Crippen LogP contribution is 2.13. The van der Waals surface area contributed by atoms with Crippen LogP contribution in [-0.2, 0) is 10.0 Å². The Balaban J connectivity index is 2.16. The van der Waals surface area contributed by atoms with Gasteiger partial charge in [0.2, 0.25) is 5.95 Å². The Morgan fingerprint density at radius 2 is 1.86 bits per heavy atom. The monoisotopic (exact) mass is 321 g/mol. The molecule has 0 amide bonds. The van der Waals surface area contributed by atoms with E-state index in [9.17, 15) is 13.2 Å². The van der Waals surface area contributed by atoms with Gasteiger partial charge in [-0.3, -0.25) is 9.89 Å². The van der Waals surface area contributed by atoms with Crippen LogP contribution in [0.5, 0.6) is 0 Å². The number of rotatable bonds is 3. The predicted octanol–water partition coefficient (Wildman–Crippen LogP) is -0.784. The molecule has 6 N–H and O–H groups in total. The van der Waals surface area contributed by atoms with Gasteiger partial charge in [-0.05, 0) is 12.1 Å². The van der Waals surface area contributed by atoms with Crippen molar-refractivity contribution in [1.82, 2.24) is 19.9 Å². The summed E-state index contributed by atoms with van der Waals surface area (Å²) in [5.41, 5.74) is 10.4. The quantitative estimate of drug-likeness (QED) is 0.491. The molecule has 114 valence electrons. The van der Waals surface area contributed by atoms with E-state index >= 15 is 0 Å². The molecule has 3 aromatic rings. The lowest BCUT2D eigenvalue weighted by atomic mass is 10.4. The second-order valence-corrected chi connectivity index (χ2v) is 6.02. The Morgan fingerprint density at radius 1 is 1.18 bits per heavy atom. The van der Waals surface area contributed by atoms with Gasteiger partial charge in [0.1, 0.15) is 11.2 Å². The van der Waals surface area contributed by atoms with Crippen LogP contribution in [0.25, 0.3) is 11.0 Å². The van der Waals surface area contributed by atoms with E-state index in [1.54, 1.807) is 18.2 Å². The van der Waals surface area contributed by atoms with Crippen LogP contribution in [-0.4, -0.2) is 28.3 Å². The Bertz CT molecular complexity index is 1010. The maximum atomic E-state index is 12.3. The van der Waals surface area contributed by atoms with Crippen LogP contribution in [0.1, 0.15) is 0 Å². The summed E-state index contributed by atoms with van der Waals surface area (Å²) in [4.78, 5) is 18.2. The molecule has 0 fully saturated rings. The molecule has 0 saturated carbocycles. The molecule has 3 rings (SSSR count). The molecular formula is C11H11N7O3S. The van der Waals surface area contributed by atoms with Gasteiger partial charge in [0.05, 0.1) is 4.90 Å². The first-order valence-electron chi connectivity index (χ1n) is 6.00. The molecular weight excluding hydrogens is 310 g/mol. The van der Waals surface area contributed by atoms with Gasteiger partial charge in [-0.2, -0.15) is 23.2 Å². The molecule has 0 aliphatic rings. The third-order valence-electron chi connectivity index (χ3n) is 2.91. The van der Waals surface area contributed by atoms with Crippen LogP contribution in [0.4, 0.5) is 11.8 Å². The van der Waals surface area contributed by atoms with Crippen LogP contribution >= 0.6 is 0 Å². The molecule has 0 aliphatic carbocycles. The van der Waals surface area contributed by atoms with Crippen molar-refractivity contribution in [3.8, 4) is 0 Å². The van der Waals surface area contributed by atoms with E-state index in [-0.39, 0.29) is 27.7 Å². The van der Waals surface area contributed by atoms with Gasteiger partial charge in [0.15, 0.2) is 5.65 Å². The number of nitrogen functional groups attached to an aromatic ring is 2. The zero-order chi connectivity index (χ0) is 15.9. The summed E-state index contributed by atoms with van der Waals surface area (Å²) < 4.78 is 25.1. The van der Waals surface area contributed by atoms with Crippen molar-refractivity contribution >= 4 is 32.8 Å². The van der Waals surface area contributed by atoms with Gasteiger partial charge in [0, 0.05) is 0 Å². The summed E-state index contributed by atoms with van der Waals surface area (Å²) >= 11 is 0. The van der Waals surface area contributed by atoms with E-state index < -0.39 is 15.6 Å². The molecule has 10 nitrogen and oxygen atoms in total. The second kappa shape index (κ2) is 4.73. The zero-order valence-corrected chi connectivity index (χ0v) is 11.8. The number of sulfonamides is 1. The smallest absolute Gasteiger partial charge is 0.287 e.